The van der Waals surface area contributed by atoms with E-state index < -0.39 is 4.92 Å². The molecule has 0 aliphatic rings. The molecule has 0 radical (unpaired) electrons. The van der Waals surface area contributed by atoms with Gasteiger partial charge in [0, 0.05) is 0 Å². The van der Waals surface area contributed by atoms with Gasteiger partial charge >= 0.3 is 5.82 Å². The molecule has 14 heavy (non-hydrogen) atoms. The molecule has 0 aromatic carbocycles. The fraction of sp³-hybridized carbons (Fsp3) is 0.571. The van der Waals surface area contributed by atoms with Crippen LogP contribution < -0.4 is 5.73 Å². The number of hydrogen-bond acceptors (Lipinski definition) is 4. The van der Waals surface area contributed by atoms with Crippen LogP contribution in [-0.2, 0) is 6.54 Å². The molecular formula is C7H11BrN4O2. The molecular weight excluding hydrogens is 252 g/mol. The molecule has 0 saturated heterocycles. The molecule has 1 rings (SSSR count). The van der Waals surface area contributed by atoms with Gasteiger partial charge in [0.25, 0.3) is 0 Å². The van der Waals surface area contributed by atoms with E-state index in [4.69, 9.17) is 5.73 Å². The zero-order valence-electron chi connectivity index (χ0n) is 7.73. The summed E-state index contributed by atoms with van der Waals surface area (Å²) in [7, 11) is 0. The molecule has 0 amide bonds. The second kappa shape index (κ2) is 4.52. The van der Waals surface area contributed by atoms with Crippen LogP contribution in [0.25, 0.3) is 0 Å². The van der Waals surface area contributed by atoms with Crippen LogP contribution in [0.4, 0.5) is 5.82 Å². The summed E-state index contributed by atoms with van der Waals surface area (Å²) in [6.45, 7) is 2.93. The van der Waals surface area contributed by atoms with Gasteiger partial charge in [-0.25, -0.2) is 0 Å². The quantitative estimate of drug-likeness (QED) is 0.653. The average molecular weight is 263 g/mol. The summed E-state index contributed by atoms with van der Waals surface area (Å²) >= 11 is 3.14. The number of rotatable bonds is 4. The van der Waals surface area contributed by atoms with Gasteiger partial charge in [0.1, 0.15) is 4.47 Å². The monoisotopic (exact) mass is 262 g/mol. The van der Waals surface area contributed by atoms with Crippen molar-refractivity contribution in [3.05, 3.63) is 20.3 Å². The highest BCUT2D eigenvalue weighted by Gasteiger charge is 2.22. The van der Waals surface area contributed by atoms with Gasteiger partial charge in [-0.3, -0.25) is 0 Å². The highest BCUT2D eigenvalue weighted by atomic mass is 79.9. The number of halogens is 1. The summed E-state index contributed by atoms with van der Waals surface area (Å²) < 4.78 is 2.04. The summed E-state index contributed by atoms with van der Waals surface area (Å²) in [6.07, 6.45) is 0.756. The van der Waals surface area contributed by atoms with Crippen LogP contribution in [0, 0.1) is 17.0 Å². The van der Waals surface area contributed by atoms with Crippen molar-refractivity contribution in [2.75, 3.05) is 6.54 Å². The second-order valence-electron chi connectivity index (χ2n) is 2.85. The van der Waals surface area contributed by atoms with Gasteiger partial charge in [-0.05, 0) is 40.7 Å². The molecule has 0 saturated carbocycles. The highest BCUT2D eigenvalue weighted by molar-refractivity contribution is 9.10. The van der Waals surface area contributed by atoms with Gasteiger partial charge in [0.2, 0.25) is 0 Å². The largest absolute Gasteiger partial charge is 0.404 e. The molecule has 1 aromatic heterocycles. The molecule has 0 unspecified atom stereocenters. The van der Waals surface area contributed by atoms with Gasteiger partial charge < -0.3 is 15.8 Å². The van der Waals surface area contributed by atoms with E-state index in [0.29, 0.717) is 17.6 Å². The molecule has 6 nitrogen and oxygen atoms in total. The third-order valence-electron chi connectivity index (χ3n) is 1.86. The lowest BCUT2D eigenvalue weighted by Gasteiger charge is -1.96. The van der Waals surface area contributed by atoms with Gasteiger partial charge in [0.05, 0.1) is 17.3 Å². The van der Waals surface area contributed by atoms with Crippen molar-refractivity contribution in [2.45, 2.75) is 19.9 Å². The fourth-order valence-corrected chi connectivity index (χ4v) is 1.51. The lowest BCUT2D eigenvalue weighted by atomic mass is 10.4. The molecule has 1 heterocycles. The Bertz CT molecular complexity index is 350. The van der Waals surface area contributed by atoms with E-state index in [1.54, 1.807) is 11.6 Å². The molecule has 0 fully saturated rings. The van der Waals surface area contributed by atoms with Crippen LogP contribution in [0.1, 0.15) is 12.1 Å². The first-order valence-electron chi connectivity index (χ1n) is 4.15. The van der Waals surface area contributed by atoms with Gasteiger partial charge in [-0.15, -0.1) is 0 Å². The van der Waals surface area contributed by atoms with Gasteiger partial charge in [-0.2, -0.15) is 4.68 Å². The number of aryl methyl sites for hydroxylation is 1. The average Bonchev–Trinajstić information content (AvgIpc) is 2.42. The van der Waals surface area contributed by atoms with Gasteiger partial charge in [-0.1, -0.05) is 0 Å². The Hall–Kier alpha value is -0.950. The number of nitrogens with two attached hydrogens (primary N) is 1. The Morgan fingerprint density at radius 2 is 2.36 bits per heavy atom. The molecule has 0 aliphatic heterocycles. The van der Waals surface area contributed by atoms with Crippen molar-refractivity contribution >= 4 is 21.7 Å². The molecule has 0 bridgehead atoms. The predicted octanol–water partition coefficient (Wildman–Crippen LogP) is 1.21. The third kappa shape index (κ3) is 2.10. The molecule has 0 spiro atoms. The van der Waals surface area contributed by atoms with Crippen molar-refractivity contribution in [1.29, 1.82) is 0 Å². The van der Waals surface area contributed by atoms with E-state index in [2.05, 4.69) is 21.0 Å². The van der Waals surface area contributed by atoms with Crippen molar-refractivity contribution in [3.8, 4) is 0 Å². The van der Waals surface area contributed by atoms with Crippen LogP contribution in [0.15, 0.2) is 4.47 Å². The maximum atomic E-state index is 10.5. The molecule has 2 N–H and O–H groups in total. The third-order valence-corrected chi connectivity index (χ3v) is 2.79. The molecule has 0 atom stereocenters. The predicted molar refractivity (Wildman–Crippen MR) is 55.0 cm³/mol. The van der Waals surface area contributed by atoms with Crippen LogP contribution in [0.3, 0.4) is 0 Å². The van der Waals surface area contributed by atoms with Crippen molar-refractivity contribution in [1.82, 2.24) is 9.78 Å². The van der Waals surface area contributed by atoms with Crippen LogP contribution in [0.5, 0.6) is 0 Å². The summed E-state index contributed by atoms with van der Waals surface area (Å²) in [5, 5.41) is 14.4. The van der Waals surface area contributed by atoms with E-state index in [1.807, 2.05) is 0 Å². The maximum absolute atomic E-state index is 10.5. The molecule has 78 valence electrons. The molecule has 0 aliphatic carbocycles. The SMILES string of the molecule is Cc1c(Br)c([N+](=O)[O-])nn1CCCN. The maximum Gasteiger partial charge on any atom is 0.404 e. The van der Waals surface area contributed by atoms with Crippen LogP contribution in [0.2, 0.25) is 0 Å². The van der Waals surface area contributed by atoms with E-state index in [1.165, 1.54) is 0 Å². The van der Waals surface area contributed by atoms with Crippen LogP contribution in [-0.4, -0.2) is 21.2 Å². The van der Waals surface area contributed by atoms with Crippen molar-refractivity contribution in [2.24, 2.45) is 5.73 Å². The number of nitrogens with zero attached hydrogens (tertiary/aromatic N) is 3. The van der Waals surface area contributed by atoms with Crippen molar-refractivity contribution in [3.63, 3.8) is 0 Å². The Kier molecular flexibility index (Phi) is 3.59. The summed E-state index contributed by atoms with van der Waals surface area (Å²) in [6, 6.07) is 0. The summed E-state index contributed by atoms with van der Waals surface area (Å²) in [5.41, 5.74) is 6.10. The lowest BCUT2D eigenvalue weighted by molar-refractivity contribution is -0.390. The minimum Gasteiger partial charge on any atom is -0.358 e. The van der Waals surface area contributed by atoms with E-state index in [9.17, 15) is 10.1 Å². The Morgan fingerprint density at radius 1 is 1.71 bits per heavy atom. The Labute approximate surface area is 89.4 Å². The zero-order valence-corrected chi connectivity index (χ0v) is 9.32. The standard InChI is InChI=1S/C7H11BrN4O2/c1-5-6(8)7(12(13)14)10-11(5)4-2-3-9/h2-4,9H2,1H3. The summed E-state index contributed by atoms with van der Waals surface area (Å²) in [5.74, 6) is -0.139. The minimum absolute atomic E-state index is 0.139. The van der Waals surface area contributed by atoms with E-state index >= 15 is 0 Å². The Morgan fingerprint density at radius 3 is 2.79 bits per heavy atom. The van der Waals surface area contributed by atoms with Gasteiger partial charge in [0.15, 0.2) is 0 Å². The summed E-state index contributed by atoms with van der Waals surface area (Å²) in [4.78, 5) is 10.0. The molecule has 1 aromatic rings. The van der Waals surface area contributed by atoms with Crippen LogP contribution >= 0.6 is 15.9 Å². The number of aromatic nitrogens is 2. The highest BCUT2D eigenvalue weighted by Crippen LogP contribution is 2.26. The first-order chi connectivity index (χ1) is 6.57. The first-order valence-corrected chi connectivity index (χ1v) is 4.94. The van der Waals surface area contributed by atoms with E-state index in [0.717, 1.165) is 12.1 Å². The fourth-order valence-electron chi connectivity index (χ4n) is 1.08. The smallest absolute Gasteiger partial charge is 0.358 e. The molecule has 7 heteroatoms. The van der Waals surface area contributed by atoms with Crippen molar-refractivity contribution < 1.29 is 4.92 Å². The number of hydrogen-bond donors (Lipinski definition) is 1. The van der Waals surface area contributed by atoms with E-state index in [-0.39, 0.29) is 5.82 Å². The zero-order chi connectivity index (χ0) is 10.7. The minimum atomic E-state index is -0.504. The Balaban J connectivity index is 2.96. The first kappa shape index (κ1) is 11.1. The topological polar surface area (TPSA) is 87.0 Å². The normalized spacial score (nSPS) is 10.5. The number of nitro groups is 1. The lowest BCUT2D eigenvalue weighted by Crippen LogP contribution is -2.08. The second-order valence-corrected chi connectivity index (χ2v) is 3.64.